The van der Waals surface area contributed by atoms with Crippen molar-refractivity contribution >= 4 is 17.5 Å². The maximum absolute atomic E-state index is 13.1. The van der Waals surface area contributed by atoms with Gasteiger partial charge >= 0.3 is 0 Å². The van der Waals surface area contributed by atoms with Gasteiger partial charge in [0.05, 0.1) is 12.9 Å². The number of halogens is 1. The van der Waals surface area contributed by atoms with E-state index >= 15 is 0 Å². The van der Waals surface area contributed by atoms with Crippen molar-refractivity contribution in [1.82, 2.24) is 19.7 Å². The van der Waals surface area contributed by atoms with Gasteiger partial charge in [-0.05, 0) is 60.7 Å². The summed E-state index contributed by atoms with van der Waals surface area (Å²) >= 11 is 1.27. The number of aromatic nitrogens is 4. The van der Waals surface area contributed by atoms with E-state index in [0.29, 0.717) is 16.5 Å². The summed E-state index contributed by atoms with van der Waals surface area (Å²) in [4.78, 5) is 16.6. The van der Waals surface area contributed by atoms with Gasteiger partial charge in [-0.15, -0.1) is 10.2 Å². The first-order valence-electron chi connectivity index (χ1n) is 9.07. The molecule has 0 amide bonds. The van der Waals surface area contributed by atoms with Crippen molar-refractivity contribution in [2.45, 2.75) is 5.16 Å². The van der Waals surface area contributed by atoms with Gasteiger partial charge in [-0.3, -0.25) is 14.3 Å². The quantitative estimate of drug-likeness (QED) is 0.325. The van der Waals surface area contributed by atoms with Crippen molar-refractivity contribution in [1.29, 1.82) is 0 Å². The Balaban J connectivity index is 1.66. The van der Waals surface area contributed by atoms with Crippen molar-refractivity contribution in [3.8, 4) is 22.8 Å². The fraction of sp³-hybridized carbons (Fsp3) is 0.0909. The number of hydrogen-bond acceptors (Lipinski definition) is 6. The van der Waals surface area contributed by atoms with Crippen molar-refractivity contribution in [2.75, 3.05) is 12.9 Å². The molecule has 0 aliphatic rings. The Kier molecular flexibility index (Phi) is 5.85. The molecular weight excluding hydrogens is 403 g/mol. The summed E-state index contributed by atoms with van der Waals surface area (Å²) in [6.45, 7) is 0. The number of ketones is 1. The summed E-state index contributed by atoms with van der Waals surface area (Å²) in [6.07, 6.45) is 3.38. The third-order valence-corrected chi connectivity index (χ3v) is 5.33. The van der Waals surface area contributed by atoms with E-state index in [1.165, 1.54) is 36.0 Å². The highest BCUT2D eigenvalue weighted by Gasteiger charge is 2.18. The average Bonchev–Trinajstić information content (AvgIpc) is 3.22. The third-order valence-electron chi connectivity index (χ3n) is 4.40. The zero-order valence-corrected chi connectivity index (χ0v) is 16.8. The van der Waals surface area contributed by atoms with E-state index in [4.69, 9.17) is 4.74 Å². The monoisotopic (exact) mass is 420 g/mol. The topological polar surface area (TPSA) is 69.9 Å². The Hall–Kier alpha value is -3.52. The summed E-state index contributed by atoms with van der Waals surface area (Å²) in [5, 5.41) is 9.21. The van der Waals surface area contributed by atoms with E-state index in [0.717, 1.165) is 17.0 Å². The Bertz CT molecular complexity index is 1150. The molecule has 0 fully saturated rings. The summed E-state index contributed by atoms with van der Waals surface area (Å²) in [5.41, 5.74) is 2.14. The third kappa shape index (κ3) is 4.23. The minimum Gasteiger partial charge on any atom is -0.497 e. The molecule has 0 spiro atoms. The van der Waals surface area contributed by atoms with Crippen LogP contribution in [0.15, 0.2) is 78.2 Å². The molecule has 0 saturated carbocycles. The predicted molar refractivity (Wildman–Crippen MR) is 113 cm³/mol. The van der Waals surface area contributed by atoms with Gasteiger partial charge in [0.25, 0.3) is 0 Å². The fourth-order valence-electron chi connectivity index (χ4n) is 2.86. The van der Waals surface area contributed by atoms with Gasteiger partial charge < -0.3 is 4.74 Å². The zero-order valence-electron chi connectivity index (χ0n) is 16.0. The molecule has 0 aliphatic carbocycles. The molecule has 150 valence electrons. The predicted octanol–water partition coefficient (Wildman–Crippen LogP) is 4.45. The number of thioether (sulfide) groups is 1. The van der Waals surface area contributed by atoms with Crippen LogP contribution in [0, 0.1) is 5.82 Å². The second-order valence-electron chi connectivity index (χ2n) is 6.29. The normalized spacial score (nSPS) is 10.7. The highest BCUT2D eigenvalue weighted by atomic mass is 32.2. The van der Waals surface area contributed by atoms with Gasteiger partial charge in [-0.1, -0.05) is 11.8 Å². The lowest BCUT2D eigenvalue weighted by molar-refractivity contribution is 0.102. The lowest BCUT2D eigenvalue weighted by Crippen LogP contribution is -2.05. The molecule has 4 aromatic rings. The maximum Gasteiger partial charge on any atom is 0.196 e. The molecule has 0 radical (unpaired) electrons. The Morgan fingerprint density at radius 1 is 1.00 bits per heavy atom. The number of pyridine rings is 1. The number of benzene rings is 2. The molecule has 2 aromatic heterocycles. The van der Waals surface area contributed by atoms with Gasteiger partial charge in [-0.25, -0.2) is 4.39 Å². The maximum atomic E-state index is 13.1. The smallest absolute Gasteiger partial charge is 0.196 e. The van der Waals surface area contributed by atoms with E-state index < -0.39 is 0 Å². The summed E-state index contributed by atoms with van der Waals surface area (Å²) in [5.74, 6) is 1.03. The SMILES string of the molecule is COc1ccc(-n2c(SCC(=O)c3ccc(F)cc3)nnc2-c2ccncc2)cc1. The number of carbonyl (C=O) groups is 1. The molecule has 8 heteroatoms. The largest absolute Gasteiger partial charge is 0.497 e. The van der Waals surface area contributed by atoms with Crippen LogP contribution in [0.3, 0.4) is 0 Å². The number of hydrogen-bond donors (Lipinski definition) is 0. The number of nitrogens with zero attached hydrogens (tertiary/aromatic N) is 4. The molecule has 2 heterocycles. The number of Topliss-reactive ketones (excluding diaryl/α,β-unsaturated/α-hetero) is 1. The van der Waals surface area contributed by atoms with Crippen LogP contribution in [0.1, 0.15) is 10.4 Å². The molecule has 0 unspecified atom stereocenters. The zero-order chi connectivity index (χ0) is 20.9. The summed E-state index contributed by atoms with van der Waals surface area (Å²) in [6, 6.07) is 16.7. The lowest BCUT2D eigenvalue weighted by atomic mass is 10.1. The van der Waals surface area contributed by atoms with Crippen LogP contribution in [0.25, 0.3) is 17.1 Å². The Morgan fingerprint density at radius 3 is 2.37 bits per heavy atom. The minimum atomic E-state index is -0.375. The molecule has 0 aliphatic heterocycles. The van der Waals surface area contributed by atoms with Crippen molar-refractivity contribution < 1.29 is 13.9 Å². The molecule has 0 N–H and O–H groups in total. The number of ether oxygens (including phenoxy) is 1. The van der Waals surface area contributed by atoms with Gasteiger partial charge in [0.1, 0.15) is 11.6 Å². The second-order valence-corrected chi connectivity index (χ2v) is 7.24. The lowest BCUT2D eigenvalue weighted by Gasteiger charge is -2.11. The van der Waals surface area contributed by atoms with Crippen LogP contribution in [-0.4, -0.2) is 38.4 Å². The van der Waals surface area contributed by atoms with Crippen LogP contribution in [-0.2, 0) is 0 Å². The highest BCUT2D eigenvalue weighted by Crippen LogP contribution is 2.29. The summed E-state index contributed by atoms with van der Waals surface area (Å²) in [7, 11) is 1.61. The van der Waals surface area contributed by atoms with Crippen LogP contribution in [0.5, 0.6) is 5.75 Å². The Labute approximate surface area is 176 Å². The van der Waals surface area contributed by atoms with Gasteiger partial charge in [0.15, 0.2) is 16.8 Å². The highest BCUT2D eigenvalue weighted by molar-refractivity contribution is 7.99. The van der Waals surface area contributed by atoms with E-state index in [1.54, 1.807) is 19.5 Å². The number of rotatable bonds is 7. The molecule has 4 rings (SSSR count). The second kappa shape index (κ2) is 8.87. The molecule has 6 nitrogen and oxygen atoms in total. The molecule has 0 bridgehead atoms. The molecule has 30 heavy (non-hydrogen) atoms. The van der Waals surface area contributed by atoms with Crippen molar-refractivity contribution in [3.05, 3.63) is 84.4 Å². The first-order chi connectivity index (χ1) is 14.7. The van der Waals surface area contributed by atoms with Crippen LogP contribution in [0.4, 0.5) is 4.39 Å². The molecule has 0 atom stereocenters. The summed E-state index contributed by atoms with van der Waals surface area (Å²) < 4.78 is 20.2. The standard InChI is InChI=1S/C22H17FN4O2S/c1-29-19-8-6-18(7-9-19)27-21(16-10-12-24-13-11-16)25-26-22(27)30-14-20(28)15-2-4-17(23)5-3-15/h2-13H,14H2,1H3. The van der Waals surface area contributed by atoms with Gasteiger partial charge in [-0.2, -0.15) is 0 Å². The van der Waals surface area contributed by atoms with E-state index in [1.807, 2.05) is 41.0 Å². The van der Waals surface area contributed by atoms with E-state index in [-0.39, 0.29) is 17.4 Å². The van der Waals surface area contributed by atoms with Crippen molar-refractivity contribution in [2.24, 2.45) is 0 Å². The van der Waals surface area contributed by atoms with Crippen molar-refractivity contribution in [3.63, 3.8) is 0 Å². The number of carbonyl (C=O) groups excluding carboxylic acids is 1. The average molecular weight is 420 g/mol. The first kappa shape index (κ1) is 19.8. The van der Waals surface area contributed by atoms with E-state index in [9.17, 15) is 9.18 Å². The fourth-order valence-corrected chi connectivity index (χ4v) is 3.71. The van der Waals surface area contributed by atoms with Gasteiger partial charge in [0.2, 0.25) is 0 Å². The number of methoxy groups -OCH3 is 1. The van der Waals surface area contributed by atoms with Crippen LogP contribution >= 0.6 is 11.8 Å². The van der Waals surface area contributed by atoms with Crippen LogP contribution in [0.2, 0.25) is 0 Å². The first-order valence-corrected chi connectivity index (χ1v) is 10.1. The van der Waals surface area contributed by atoms with E-state index in [2.05, 4.69) is 15.2 Å². The van der Waals surface area contributed by atoms with Gasteiger partial charge in [0, 0.05) is 29.2 Å². The molecular formula is C22H17FN4O2S. The Morgan fingerprint density at radius 2 is 1.70 bits per heavy atom. The minimum absolute atomic E-state index is 0.116. The molecule has 2 aromatic carbocycles. The molecule has 0 saturated heterocycles. The van der Waals surface area contributed by atoms with Crippen LogP contribution < -0.4 is 4.74 Å².